The van der Waals surface area contributed by atoms with E-state index in [0.717, 1.165) is 39.8 Å². The highest BCUT2D eigenvalue weighted by atomic mass is 79.9. The number of sulfone groups is 1. The summed E-state index contributed by atoms with van der Waals surface area (Å²) in [5.74, 6) is 0.172. The maximum Gasteiger partial charge on any atom is 0.251 e. The van der Waals surface area contributed by atoms with Crippen LogP contribution in [0.2, 0.25) is 0 Å². The lowest BCUT2D eigenvalue weighted by Crippen LogP contribution is -3.00. The molecule has 0 spiro atoms. The van der Waals surface area contributed by atoms with Crippen molar-refractivity contribution in [2.24, 2.45) is 7.05 Å². The van der Waals surface area contributed by atoms with Gasteiger partial charge in [0.15, 0.2) is 9.84 Å². The average molecular weight is 638 g/mol. The maximum absolute atomic E-state index is 13.2. The van der Waals surface area contributed by atoms with Gasteiger partial charge in [-0.05, 0) is 40.8 Å². The van der Waals surface area contributed by atoms with Crippen molar-refractivity contribution in [1.29, 1.82) is 0 Å². The molecule has 0 radical (unpaired) electrons. The first-order valence-electron chi connectivity index (χ1n) is 13.4. The summed E-state index contributed by atoms with van der Waals surface area (Å²) in [4.78, 5) is 15.1. The summed E-state index contributed by atoms with van der Waals surface area (Å²) in [5, 5.41) is 2.48. The van der Waals surface area contributed by atoms with Crippen molar-refractivity contribution >= 4 is 44.0 Å². The molecule has 0 fully saturated rings. The zero-order valence-electron chi connectivity index (χ0n) is 24.1. The largest absolute Gasteiger partial charge is 1.00 e. The molecule has 3 aromatic carbocycles. The third-order valence-electron chi connectivity index (χ3n) is 7.76. The SMILES string of the molecule is CC1CN(C(=O)/C=C/c2ccc(C[N+](C)(C)Cc3ccc(S(C)(=O)=O)n3C)cc2)c2cc(N)c3ccccc3c21.[Br-]. The van der Waals surface area contributed by atoms with E-state index < -0.39 is 9.84 Å². The topological polar surface area (TPSA) is 85.4 Å². The number of quaternary nitrogens is 1. The number of aromatic nitrogens is 1. The molecule has 0 saturated carbocycles. The van der Waals surface area contributed by atoms with E-state index in [1.807, 2.05) is 53.4 Å². The lowest BCUT2D eigenvalue weighted by molar-refractivity contribution is -0.917. The first kappa shape index (κ1) is 30.6. The summed E-state index contributed by atoms with van der Waals surface area (Å²) >= 11 is 0. The molecule has 1 aliphatic heterocycles. The zero-order valence-corrected chi connectivity index (χ0v) is 26.5. The highest BCUT2D eigenvalue weighted by Gasteiger charge is 2.31. The number of benzene rings is 3. The van der Waals surface area contributed by atoms with Crippen LogP contribution in [0, 0.1) is 0 Å². The second kappa shape index (κ2) is 11.5. The van der Waals surface area contributed by atoms with Crippen LogP contribution in [0.25, 0.3) is 16.8 Å². The Morgan fingerprint density at radius 3 is 2.32 bits per heavy atom. The third kappa shape index (κ3) is 6.27. The summed E-state index contributed by atoms with van der Waals surface area (Å²) < 4.78 is 26.4. The number of nitrogens with two attached hydrogens (primary N) is 1. The first-order valence-corrected chi connectivity index (χ1v) is 15.3. The molecule has 5 rings (SSSR count). The molecule has 1 amide bonds. The van der Waals surface area contributed by atoms with Gasteiger partial charge >= 0.3 is 0 Å². The molecule has 2 N–H and O–H groups in total. The molecule has 0 saturated heterocycles. The maximum atomic E-state index is 13.2. The molecular formula is C32H37BrN4O3S. The van der Waals surface area contributed by atoms with E-state index in [1.165, 1.54) is 11.8 Å². The quantitative estimate of drug-likeness (QED) is 0.191. The Hall–Kier alpha value is -3.40. The number of amides is 1. The van der Waals surface area contributed by atoms with Gasteiger partial charge in [0.05, 0.1) is 25.5 Å². The van der Waals surface area contributed by atoms with Gasteiger partial charge in [0.1, 0.15) is 18.1 Å². The van der Waals surface area contributed by atoms with E-state index in [9.17, 15) is 13.2 Å². The van der Waals surface area contributed by atoms with E-state index in [4.69, 9.17) is 5.73 Å². The molecule has 1 aromatic heterocycles. The number of rotatable bonds is 7. The van der Waals surface area contributed by atoms with Crippen molar-refractivity contribution in [3.63, 3.8) is 0 Å². The highest BCUT2D eigenvalue weighted by Crippen LogP contribution is 2.43. The fraction of sp³-hybridized carbons (Fsp3) is 0.281. The van der Waals surface area contributed by atoms with Gasteiger partial charge in [-0.1, -0.05) is 55.5 Å². The standard InChI is InChI=1S/C32H37N4O3S.BrH/c1-22-19-35(29-18-28(33)26-8-6-7-9-27(26)32(22)29)30(37)16-14-23-10-12-24(13-11-23)20-36(3,4)21-25-15-17-31(34(25)2)40(5,38)39;/h6-18,22H,19-21,33H2,1-5H3;1H/q+1;/p-1/b16-14+;. The molecule has 1 unspecified atom stereocenters. The van der Waals surface area contributed by atoms with Crippen molar-refractivity contribution in [3.8, 4) is 0 Å². The van der Waals surface area contributed by atoms with Crippen LogP contribution in [0.15, 0.2) is 77.8 Å². The van der Waals surface area contributed by atoms with Gasteiger partial charge in [-0.15, -0.1) is 0 Å². The minimum Gasteiger partial charge on any atom is -1.00 e. The van der Waals surface area contributed by atoms with Crippen LogP contribution in [-0.2, 0) is 34.8 Å². The summed E-state index contributed by atoms with van der Waals surface area (Å²) in [6.07, 6.45) is 4.73. The van der Waals surface area contributed by atoms with Crippen LogP contribution >= 0.6 is 0 Å². The molecule has 1 aliphatic rings. The lowest BCUT2D eigenvalue weighted by atomic mass is 9.95. The zero-order chi connectivity index (χ0) is 28.8. The normalized spacial score (nSPS) is 15.3. The van der Waals surface area contributed by atoms with Crippen molar-refractivity contribution in [3.05, 3.63) is 95.2 Å². The van der Waals surface area contributed by atoms with Gasteiger partial charge in [0.2, 0.25) is 0 Å². The predicted octanol–water partition coefficient (Wildman–Crippen LogP) is 2.11. The Kier molecular flexibility index (Phi) is 8.55. The predicted molar refractivity (Wildman–Crippen MR) is 163 cm³/mol. The van der Waals surface area contributed by atoms with Crippen molar-refractivity contribution < 1.29 is 34.7 Å². The molecule has 9 heteroatoms. The van der Waals surface area contributed by atoms with Crippen molar-refractivity contribution in [2.75, 3.05) is 37.5 Å². The third-order valence-corrected chi connectivity index (χ3v) is 8.93. The average Bonchev–Trinajstić information content (AvgIpc) is 3.42. The van der Waals surface area contributed by atoms with E-state index in [2.05, 4.69) is 39.2 Å². The van der Waals surface area contributed by atoms with Gasteiger partial charge in [-0.3, -0.25) is 4.79 Å². The molecule has 7 nitrogen and oxygen atoms in total. The number of fused-ring (bicyclic) bond motifs is 3. The van der Waals surface area contributed by atoms with Gasteiger partial charge in [-0.2, -0.15) is 0 Å². The van der Waals surface area contributed by atoms with E-state index in [-0.39, 0.29) is 28.8 Å². The lowest BCUT2D eigenvalue weighted by Gasteiger charge is -2.30. The monoisotopic (exact) mass is 636 g/mol. The number of nitrogen functional groups attached to an aromatic ring is 1. The van der Waals surface area contributed by atoms with Crippen LogP contribution in [0.1, 0.15) is 35.2 Å². The Bertz CT molecular complexity index is 1740. The smallest absolute Gasteiger partial charge is 0.251 e. The van der Waals surface area contributed by atoms with E-state index >= 15 is 0 Å². The van der Waals surface area contributed by atoms with Crippen LogP contribution < -0.4 is 27.6 Å². The minimum absolute atomic E-state index is 0. The van der Waals surface area contributed by atoms with Gasteiger partial charge in [0.25, 0.3) is 5.91 Å². The van der Waals surface area contributed by atoms with E-state index in [0.29, 0.717) is 28.3 Å². The number of hydrogen-bond donors (Lipinski definition) is 1. The summed E-state index contributed by atoms with van der Waals surface area (Å²) in [6.45, 7) is 4.25. The molecule has 2 heterocycles. The number of carbonyl (C=O) groups excluding carboxylic acids is 1. The number of hydrogen-bond acceptors (Lipinski definition) is 4. The van der Waals surface area contributed by atoms with Gasteiger partial charge in [0, 0.05) is 48.5 Å². The van der Waals surface area contributed by atoms with Crippen molar-refractivity contribution in [1.82, 2.24) is 4.57 Å². The second-order valence-electron chi connectivity index (χ2n) is 11.6. The number of halogens is 1. The second-order valence-corrected chi connectivity index (χ2v) is 13.6. The molecule has 1 atom stereocenters. The summed E-state index contributed by atoms with van der Waals surface area (Å²) in [5.41, 5.74) is 12.2. The number of carbonyl (C=O) groups is 1. The van der Waals surface area contributed by atoms with E-state index in [1.54, 1.807) is 23.8 Å². The Morgan fingerprint density at radius 1 is 1.02 bits per heavy atom. The molecule has 216 valence electrons. The molecule has 0 aliphatic carbocycles. The molecule has 41 heavy (non-hydrogen) atoms. The van der Waals surface area contributed by atoms with Crippen LogP contribution in [-0.4, -0.2) is 50.3 Å². The summed E-state index contributed by atoms with van der Waals surface area (Å²) in [7, 11) is 2.80. The minimum atomic E-state index is -3.26. The Morgan fingerprint density at radius 2 is 1.68 bits per heavy atom. The Balaban J connectivity index is 0.00000387. The molecule has 4 aromatic rings. The molecular weight excluding hydrogens is 600 g/mol. The summed E-state index contributed by atoms with van der Waals surface area (Å²) in [6, 6.07) is 21.8. The first-order chi connectivity index (χ1) is 18.8. The van der Waals surface area contributed by atoms with Crippen LogP contribution in [0.3, 0.4) is 0 Å². The fourth-order valence-corrected chi connectivity index (χ4v) is 6.80. The fourth-order valence-electron chi connectivity index (χ4n) is 5.87. The van der Waals surface area contributed by atoms with Crippen molar-refractivity contribution in [2.45, 2.75) is 31.0 Å². The Labute approximate surface area is 253 Å². The van der Waals surface area contributed by atoms with Gasteiger partial charge in [-0.25, -0.2) is 8.42 Å². The van der Waals surface area contributed by atoms with Gasteiger partial charge < -0.3 is 36.7 Å². The number of anilines is 2. The van der Waals surface area contributed by atoms with Crippen LogP contribution in [0.4, 0.5) is 11.4 Å². The van der Waals surface area contributed by atoms with Crippen LogP contribution in [0.5, 0.6) is 0 Å². The molecule has 0 bridgehead atoms. The highest BCUT2D eigenvalue weighted by molar-refractivity contribution is 7.90. The number of nitrogens with zero attached hydrogens (tertiary/aromatic N) is 3.